The van der Waals surface area contributed by atoms with Gasteiger partial charge in [-0.05, 0) is 31.4 Å². The molecule has 1 N–H and O–H groups in total. The molecule has 0 radical (unpaired) electrons. The lowest BCUT2D eigenvalue weighted by Crippen LogP contribution is -2.38. The lowest BCUT2D eigenvalue weighted by Gasteiger charge is -2.27. The van der Waals surface area contributed by atoms with Crippen molar-refractivity contribution in [3.8, 4) is 0 Å². The van der Waals surface area contributed by atoms with Gasteiger partial charge in [-0.15, -0.1) is 0 Å². The summed E-state index contributed by atoms with van der Waals surface area (Å²) >= 11 is 0. The number of nitrogens with one attached hydrogen (secondary N) is 1. The van der Waals surface area contributed by atoms with Crippen molar-refractivity contribution in [3.63, 3.8) is 0 Å². The van der Waals surface area contributed by atoms with Crippen molar-refractivity contribution in [3.05, 3.63) is 42.0 Å². The Morgan fingerprint density at radius 2 is 1.20 bits per heavy atom. The molecule has 1 heteroatoms. The van der Waals surface area contributed by atoms with Crippen LogP contribution in [0.3, 0.4) is 0 Å². The van der Waals surface area contributed by atoms with E-state index in [9.17, 15) is 0 Å². The van der Waals surface area contributed by atoms with Crippen LogP contribution in [0.4, 0.5) is 0 Å². The highest BCUT2D eigenvalue weighted by Gasteiger charge is 2.16. The average molecular weight is 414 g/mol. The molecular weight excluding hydrogens is 362 g/mol. The van der Waals surface area contributed by atoms with Gasteiger partial charge < -0.3 is 5.32 Å². The predicted molar refractivity (Wildman–Crippen MR) is 137 cm³/mol. The highest BCUT2D eigenvalue weighted by molar-refractivity contribution is 5.51. The zero-order chi connectivity index (χ0) is 21.9. The summed E-state index contributed by atoms with van der Waals surface area (Å²) in [6, 6.07) is 8.55. The Balaban J connectivity index is 1.93. The second-order valence-electron chi connectivity index (χ2n) is 9.84. The molecule has 30 heavy (non-hydrogen) atoms. The van der Waals surface area contributed by atoms with Gasteiger partial charge in [0.05, 0.1) is 0 Å². The number of unbranched alkanes of at least 4 members (excludes halogenated alkanes) is 14. The van der Waals surface area contributed by atoms with Crippen LogP contribution in [0.1, 0.15) is 135 Å². The third-order valence-electron chi connectivity index (χ3n) is 6.44. The molecule has 0 bridgehead atoms. The van der Waals surface area contributed by atoms with E-state index >= 15 is 0 Å². The van der Waals surface area contributed by atoms with Crippen molar-refractivity contribution in [1.29, 1.82) is 0 Å². The maximum absolute atomic E-state index is 3.93. The Kier molecular flexibility index (Phi) is 15.8. The Labute approximate surface area is 189 Å². The monoisotopic (exact) mass is 413 g/mol. The summed E-state index contributed by atoms with van der Waals surface area (Å²) in [6.07, 6.45) is 24.7. The smallest absolute Gasteiger partial charge is 0.0216 e. The maximum Gasteiger partial charge on any atom is 0.0216 e. The van der Waals surface area contributed by atoms with Crippen molar-refractivity contribution < 1.29 is 0 Å². The Hall–Kier alpha value is -1.08. The van der Waals surface area contributed by atoms with Crippen molar-refractivity contribution in [2.75, 3.05) is 0 Å². The largest absolute Gasteiger partial charge is 0.308 e. The van der Waals surface area contributed by atoms with Gasteiger partial charge in [-0.25, -0.2) is 0 Å². The van der Waals surface area contributed by atoms with E-state index in [0.29, 0.717) is 0 Å². The molecule has 0 saturated heterocycles. The molecule has 0 amide bonds. The van der Waals surface area contributed by atoms with E-state index in [1.165, 1.54) is 114 Å². The van der Waals surface area contributed by atoms with E-state index in [2.05, 4.69) is 56.9 Å². The SMILES string of the molecule is C=Cc1ccccc1CNC(C)(C)CCCCCCCCCCCCCCCCC. The Morgan fingerprint density at radius 3 is 1.70 bits per heavy atom. The highest BCUT2D eigenvalue weighted by Crippen LogP contribution is 2.18. The van der Waals surface area contributed by atoms with Gasteiger partial charge in [0.2, 0.25) is 0 Å². The second kappa shape index (κ2) is 17.6. The van der Waals surface area contributed by atoms with Crippen molar-refractivity contribution >= 4 is 6.08 Å². The first-order valence-corrected chi connectivity index (χ1v) is 13.0. The van der Waals surface area contributed by atoms with Gasteiger partial charge in [0.15, 0.2) is 0 Å². The molecule has 0 heterocycles. The van der Waals surface area contributed by atoms with Gasteiger partial charge in [0.25, 0.3) is 0 Å². The lowest BCUT2D eigenvalue weighted by atomic mass is 9.95. The summed E-state index contributed by atoms with van der Waals surface area (Å²) < 4.78 is 0. The van der Waals surface area contributed by atoms with Crippen LogP contribution < -0.4 is 5.32 Å². The minimum absolute atomic E-state index is 0.199. The first kappa shape index (κ1) is 27.0. The molecule has 0 aliphatic heterocycles. The van der Waals surface area contributed by atoms with Crippen LogP contribution in [0, 0.1) is 0 Å². The number of rotatable bonds is 20. The Bertz CT molecular complexity index is 531. The van der Waals surface area contributed by atoms with E-state index in [1.807, 2.05) is 6.08 Å². The molecule has 0 atom stereocenters. The fourth-order valence-electron chi connectivity index (χ4n) is 4.26. The molecule has 1 aromatic rings. The van der Waals surface area contributed by atoms with Crippen LogP contribution in [0.15, 0.2) is 30.8 Å². The molecule has 0 aliphatic rings. The molecule has 0 fully saturated rings. The van der Waals surface area contributed by atoms with E-state index in [-0.39, 0.29) is 5.54 Å². The molecule has 1 rings (SSSR count). The number of benzene rings is 1. The van der Waals surface area contributed by atoms with E-state index in [4.69, 9.17) is 0 Å². The summed E-state index contributed by atoms with van der Waals surface area (Å²) in [7, 11) is 0. The number of hydrogen-bond donors (Lipinski definition) is 1. The third-order valence-corrected chi connectivity index (χ3v) is 6.44. The maximum atomic E-state index is 3.93. The fraction of sp³-hybridized carbons (Fsp3) is 0.724. The summed E-state index contributed by atoms with van der Waals surface area (Å²) in [4.78, 5) is 0. The molecular formula is C29H51N. The summed E-state index contributed by atoms with van der Waals surface area (Å²) in [6.45, 7) is 11.8. The quantitative estimate of drug-likeness (QED) is 0.210. The molecule has 0 aromatic heterocycles. The first-order valence-electron chi connectivity index (χ1n) is 13.0. The van der Waals surface area contributed by atoms with Crippen LogP contribution in [0.25, 0.3) is 6.08 Å². The third kappa shape index (κ3) is 14.0. The minimum Gasteiger partial charge on any atom is -0.308 e. The summed E-state index contributed by atoms with van der Waals surface area (Å²) in [5, 5.41) is 3.75. The summed E-state index contributed by atoms with van der Waals surface area (Å²) in [5.41, 5.74) is 2.79. The van der Waals surface area contributed by atoms with Crippen molar-refractivity contribution in [2.24, 2.45) is 0 Å². The zero-order valence-electron chi connectivity index (χ0n) is 20.6. The van der Waals surface area contributed by atoms with Crippen molar-refractivity contribution in [1.82, 2.24) is 5.32 Å². The van der Waals surface area contributed by atoms with Gasteiger partial charge >= 0.3 is 0 Å². The molecule has 0 saturated carbocycles. The van der Waals surface area contributed by atoms with Gasteiger partial charge in [0.1, 0.15) is 0 Å². The zero-order valence-corrected chi connectivity index (χ0v) is 20.6. The van der Waals surface area contributed by atoms with Gasteiger partial charge in [-0.1, -0.05) is 140 Å². The van der Waals surface area contributed by atoms with Crippen LogP contribution in [-0.2, 0) is 6.54 Å². The molecule has 0 unspecified atom stereocenters. The molecule has 0 spiro atoms. The molecule has 1 aromatic carbocycles. The second-order valence-corrected chi connectivity index (χ2v) is 9.84. The van der Waals surface area contributed by atoms with Crippen molar-refractivity contribution in [2.45, 2.75) is 136 Å². The Morgan fingerprint density at radius 1 is 0.733 bits per heavy atom. The topological polar surface area (TPSA) is 12.0 Å². The summed E-state index contributed by atoms with van der Waals surface area (Å²) in [5.74, 6) is 0. The normalized spacial score (nSPS) is 11.7. The first-order chi connectivity index (χ1) is 14.6. The highest BCUT2D eigenvalue weighted by atomic mass is 14.9. The van der Waals surface area contributed by atoms with Gasteiger partial charge in [-0.2, -0.15) is 0 Å². The predicted octanol–water partition coefficient (Wildman–Crippen LogP) is 9.46. The molecule has 1 nitrogen and oxygen atoms in total. The van der Waals surface area contributed by atoms with E-state index < -0.39 is 0 Å². The molecule has 0 aliphatic carbocycles. The fourth-order valence-corrected chi connectivity index (χ4v) is 4.26. The van der Waals surface area contributed by atoms with Crippen LogP contribution >= 0.6 is 0 Å². The van der Waals surface area contributed by atoms with Crippen LogP contribution in [0.5, 0.6) is 0 Å². The average Bonchev–Trinajstić information content (AvgIpc) is 2.75. The van der Waals surface area contributed by atoms with Crippen LogP contribution in [-0.4, -0.2) is 5.54 Å². The standard InChI is InChI=1S/C29H51N/c1-5-7-8-9-10-11-12-13-14-15-16-17-18-19-22-25-29(3,4)30-26-28-24-21-20-23-27(28)6-2/h6,20-21,23-24,30H,2,5,7-19,22,25-26H2,1,3-4H3. The lowest BCUT2D eigenvalue weighted by molar-refractivity contribution is 0.344. The molecule has 172 valence electrons. The number of hydrogen-bond acceptors (Lipinski definition) is 1. The van der Waals surface area contributed by atoms with Gasteiger partial charge in [0, 0.05) is 12.1 Å². The van der Waals surface area contributed by atoms with E-state index in [0.717, 1.165) is 6.54 Å². The van der Waals surface area contributed by atoms with Gasteiger partial charge in [-0.3, -0.25) is 0 Å². The minimum atomic E-state index is 0.199. The van der Waals surface area contributed by atoms with Crippen LogP contribution in [0.2, 0.25) is 0 Å². The van der Waals surface area contributed by atoms with E-state index in [1.54, 1.807) is 0 Å².